The van der Waals surface area contributed by atoms with Crippen LogP contribution in [-0.2, 0) is 10.0 Å². The zero-order valence-electron chi connectivity index (χ0n) is 10.4. The highest BCUT2D eigenvalue weighted by molar-refractivity contribution is 9.10. The first kappa shape index (κ1) is 14.0. The number of hydrogen-bond donors (Lipinski definition) is 2. The third-order valence-corrected chi connectivity index (χ3v) is 5.25. The molecule has 1 aromatic rings. The van der Waals surface area contributed by atoms with Crippen LogP contribution in [0.25, 0.3) is 0 Å². The van der Waals surface area contributed by atoms with Crippen molar-refractivity contribution in [2.45, 2.75) is 36.7 Å². The molecule has 18 heavy (non-hydrogen) atoms. The Labute approximate surface area is 116 Å². The minimum Gasteiger partial charge on any atom is -0.310 e. The molecule has 0 spiro atoms. The largest absolute Gasteiger partial charge is 0.310 e. The fourth-order valence-corrected chi connectivity index (χ4v) is 4.13. The highest BCUT2D eigenvalue weighted by atomic mass is 79.9. The van der Waals surface area contributed by atoms with Crippen molar-refractivity contribution < 1.29 is 8.42 Å². The van der Waals surface area contributed by atoms with Gasteiger partial charge in [0.05, 0.1) is 4.90 Å². The van der Waals surface area contributed by atoms with E-state index in [9.17, 15) is 8.42 Å². The maximum absolute atomic E-state index is 12.3. The van der Waals surface area contributed by atoms with Gasteiger partial charge in [-0.3, -0.25) is 0 Å². The highest BCUT2D eigenvalue weighted by Gasteiger charge is 2.36. The fraction of sp³-hybridized carbons (Fsp3) is 0.500. The van der Waals surface area contributed by atoms with Crippen LogP contribution in [0.1, 0.15) is 20.3 Å². The van der Waals surface area contributed by atoms with Gasteiger partial charge >= 0.3 is 0 Å². The zero-order chi connectivity index (χ0) is 13.4. The Kier molecular flexibility index (Phi) is 3.82. The van der Waals surface area contributed by atoms with Crippen LogP contribution in [0.5, 0.6) is 0 Å². The first-order chi connectivity index (χ1) is 8.31. The summed E-state index contributed by atoms with van der Waals surface area (Å²) >= 11 is 3.29. The highest BCUT2D eigenvalue weighted by Crippen LogP contribution is 2.22. The molecular weight excluding hydrogens is 316 g/mol. The van der Waals surface area contributed by atoms with Crippen LogP contribution in [0.15, 0.2) is 33.6 Å². The molecule has 0 aliphatic carbocycles. The first-order valence-corrected chi connectivity index (χ1v) is 8.12. The molecular formula is C12H17BrN2O2S. The van der Waals surface area contributed by atoms with E-state index < -0.39 is 10.0 Å². The van der Waals surface area contributed by atoms with E-state index in [1.165, 1.54) is 0 Å². The summed E-state index contributed by atoms with van der Waals surface area (Å²) in [4.78, 5) is 0.291. The lowest BCUT2D eigenvalue weighted by molar-refractivity contribution is 0.385. The Balaban J connectivity index is 2.23. The third-order valence-electron chi connectivity index (χ3n) is 3.29. The van der Waals surface area contributed by atoms with Gasteiger partial charge in [0, 0.05) is 16.1 Å². The Morgan fingerprint density at radius 2 is 2.17 bits per heavy atom. The standard InChI is InChI=1S/C12H17BrN2O2S/c1-12(2)11(6-7-14-12)15-18(16,17)10-5-3-4-9(13)8-10/h3-5,8,11,14-15H,6-7H2,1-2H3/t11-/m0/s1. The van der Waals surface area contributed by atoms with Gasteiger partial charge in [0.15, 0.2) is 0 Å². The monoisotopic (exact) mass is 332 g/mol. The maximum Gasteiger partial charge on any atom is 0.240 e. The van der Waals surface area contributed by atoms with Crippen LogP contribution in [0.4, 0.5) is 0 Å². The van der Waals surface area contributed by atoms with Crippen LogP contribution in [0.2, 0.25) is 0 Å². The van der Waals surface area contributed by atoms with Crippen molar-refractivity contribution in [3.05, 3.63) is 28.7 Å². The summed E-state index contributed by atoms with van der Waals surface area (Å²) in [7, 11) is -3.46. The first-order valence-electron chi connectivity index (χ1n) is 5.84. The normalized spacial score (nSPS) is 23.2. The van der Waals surface area contributed by atoms with Crippen molar-refractivity contribution >= 4 is 26.0 Å². The summed E-state index contributed by atoms with van der Waals surface area (Å²) in [5.74, 6) is 0. The summed E-state index contributed by atoms with van der Waals surface area (Å²) in [6.45, 7) is 4.85. The summed E-state index contributed by atoms with van der Waals surface area (Å²) in [5, 5.41) is 3.30. The topological polar surface area (TPSA) is 58.2 Å². The lowest BCUT2D eigenvalue weighted by Crippen LogP contribution is -2.50. The van der Waals surface area contributed by atoms with Crippen molar-refractivity contribution in [1.29, 1.82) is 0 Å². The van der Waals surface area contributed by atoms with Crippen molar-refractivity contribution in [1.82, 2.24) is 10.0 Å². The fourth-order valence-electron chi connectivity index (χ4n) is 2.12. The summed E-state index contributed by atoms with van der Waals surface area (Å²) < 4.78 is 28.1. The van der Waals surface area contributed by atoms with Crippen molar-refractivity contribution in [3.8, 4) is 0 Å². The predicted octanol–water partition coefficient (Wildman–Crippen LogP) is 1.87. The number of rotatable bonds is 3. The van der Waals surface area contributed by atoms with E-state index in [1.54, 1.807) is 24.3 Å². The van der Waals surface area contributed by atoms with Gasteiger partial charge in [-0.05, 0) is 45.0 Å². The van der Waals surface area contributed by atoms with Crippen LogP contribution < -0.4 is 10.0 Å². The van der Waals surface area contributed by atoms with Crippen LogP contribution in [0, 0.1) is 0 Å². The summed E-state index contributed by atoms with van der Waals surface area (Å²) in [6, 6.07) is 6.65. The van der Waals surface area contributed by atoms with Gasteiger partial charge in [-0.1, -0.05) is 22.0 Å². The predicted molar refractivity (Wildman–Crippen MR) is 75.0 cm³/mol. The summed E-state index contributed by atoms with van der Waals surface area (Å²) in [5.41, 5.74) is -0.209. The Bertz CT molecular complexity index is 543. The number of sulfonamides is 1. The molecule has 2 N–H and O–H groups in total. The van der Waals surface area contributed by atoms with E-state index in [0.717, 1.165) is 17.4 Å². The molecule has 4 nitrogen and oxygen atoms in total. The smallest absolute Gasteiger partial charge is 0.240 e. The second-order valence-electron chi connectivity index (χ2n) is 5.07. The van der Waals surface area contributed by atoms with E-state index in [-0.39, 0.29) is 11.6 Å². The van der Waals surface area contributed by atoms with Crippen molar-refractivity contribution in [2.24, 2.45) is 0 Å². The number of halogens is 1. The molecule has 1 fully saturated rings. The molecule has 100 valence electrons. The Morgan fingerprint density at radius 1 is 1.44 bits per heavy atom. The van der Waals surface area contributed by atoms with Gasteiger partial charge in [-0.2, -0.15) is 0 Å². The molecule has 1 heterocycles. The molecule has 0 amide bonds. The second-order valence-corrected chi connectivity index (χ2v) is 7.70. The van der Waals surface area contributed by atoms with Gasteiger partial charge in [-0.25, -0.2) is 13.1 Å². The van der Waals surface area contributed by atoms with Gasteiger partial charge in [0.25, 0.3) is 0 Å². The van der Waals surface area contributed by atoms with E-state index in [2.05, 4.69) is 26.0 Å². The van der Waals surface area contributed by atoms with E-state index in [0.29, 0.717) is 4.90 Å². The van der Waals surface area contributed by atoms with Crippen molar-refractivity contribution in [3.63, 3.8) is 0 Å². The van der Waals surface area contributed by atoms with Crippen LogP contribution >= 0.6 is 15.9 Å². The maximum atomic E-state index is 12.3. The number of nitrogens with one attached hydrogen (secondary N) is 2. The minimum absolute atomic E-state index is 0.0820. The van der Waals surface area contributed by atoms with Gasteiger partial charge in [0.2, 0.25) is 10.0 Å². The lowest BCUT2D eigenvalue weighted by atomic mass is 9.98. The van der Waals surface area contributed by atoms with Crippen LogP contribution in [-0.4, -0.2) is 26.5 Å². The molecule has 1 aliphatic rings. The van der Waals surface area contributed by atoms with Gasteiger partial charge in [0.1, 0.15) is 0 Å². The van der Waals surface area contributed by atoms with Crippen molar-refractivity contribution in [2.75, 3.05) is 6.54 Å². The summed E-state index contributed by atoms with van der Waals surface area (Å²) in [6.07, 6.45) is 0.806. The molecule has 1 atom stereocenters. The molecule has 6 heteroatoms. The minimum atomic E-state index is -3.46. The SMILES string of the molecule is CC1(C)NCC[C@@H]1NS(=O)(=O)c1cccc(Br)c1. The quantitative estimate of drug-likeness (QED) is 0.888. The molecule has 0 radical (unpaired) electrons. The molecule has 0 aromatic heterocycles. The number of hydrogen-bond acceptors (Lipinski definition) is 3. The lowest BCUT2D eigenvalue weighted by Gasteiger charge is -2.27. The molecule has 1 saturated heterocycles. The molecule has 2 rings (SSSR count). The van der Waals surface area contributed by atoms with Gasteiger partial charge < -0.3 is 5.32 Å². The van der Waals surface area contributed by atoms with Gasteiger partial charge in [-0.15, -0.1) is 0 Å². The Hall–Kier alpha value is -0.430. The van der Waals surface area contributed by atoms with Crippen LogP contribution in [0.3, 0.4) is 0 Å². The molecule has 1 aromatic carbocycles. The molecule has 1 aliphatic heterocycles. The average molecular weight is 333 g/mol. The van der Waals surface area contributed by atoms with E-state index >= 15 is 0 Å². The van der Waals surface area contributed by atoms with E-state index in [1.807, 2.05) is 13.8 Å². The third kappa shape index (κ3) is 2.93. The zero-order valence-corrected chi connectivity index (χ0v) is 12.8. The Morgan fingerprint density at radius 3 is 2.72 bits per heavy atom. The molecule has 0 unspecified atom stereocenters. The average Bonchev–Trinajstić information content (AvgIpc) is 2.58. The molecule has 0 bridgehead atoms. The second kappa shape index (κ2) is 4.92. The number of benzene rings is 1. The van der Waals surface area contributed by atoms with E-state index in [4.69, 9.17) is 0 Å². The molecule has 0 saturated carbocycles.